The number of likely N-dealkylation sites (tertiary alicyclic amines) is 1. The van der Waals surface area contributed by atoms with Gasteiger partial charge in [0.05, 0.1) is 0 Å². The summed E-state index contributed by atoms with van der Waals surface area (Å²) in [5.41, 5.74) is 0.485. The van der Waals surface area contributed by atoms with Crippen molar-refractivity contribution in [1.82, 2.24) is 10.2 Å². The molecule has 2 heteroatoms. The molecule has 2 bridgehead atoms. The standard InChI is InChI=1S/C13H26N2/c1-13(2,3)7-9-15-8-6-11-4-5-12(10-15)14-11/h11-12,14H,4-10H2,1-3H3. The maximum absolute atomic E-state index is 3.74. The van der Waals surface area contributed by atoms with E-state index in [4.69, 9.17) is 0 Å². The highest BCUT2D eigenvalue weighted by Crippen LogP contribution is 2.23. The molecule has 0 saturated carbocycles. The maximum Gasteiger partial charge on any atom is 0.0198 e. The van der Waals surface area contributed by atoms with Gasteiger partial charge in [0.25, 0.3) is 0 Å². The Balaban J connectivity index is 1.78. The van der Waals surface area contributed by atoms with Crippen molar-refractivity contribution >= 4 is 0 Å². The first-order valence-electron chi connectivity index (χ1n) is 6.51. The lowest BCUT2D eigenvalue weighted by Gasteiger charge is -2.27. The second kappa shape index (κ2) is 4.42. The summed E-state index contributed by atoms with van der Waals surface area (Å²) in [6, 6.07) is 1.62. The summed E-state index contributed by atoms with van der Waals surface area (Å²) >= 11 is 0. The smallest absolute Gasteiger partial charge is 0.0198 e. The third-order valence-electron chi connectivity index (χ3n) is 3.79. The topological polar surface area (TPSA) is 15.3 Å². The lowest BCUT2D eigenvalue weighted by molar-refractivity contribution is 0.218. The van der Waals surface area contributed by atoms with Crippen LogP contribution in [0.1, 0.15) is 46.5 Å². The van der Waals surface area contributed by atoms with Crippen molar-refractivity contribution in [2.75, 3.05) is 19.6 Å². The average molecular weight is 210 g/mol. The molecule has 2 saturated heterocycles. The summed E-state index contributed by atoms with van der Waals surface area (Å²) < 4.78 is 0. The van der Waals surface area contributed by atoms with Gasteiger partial charge in [-0.2, -0.15) is 0 Å². The first-order chi connectivity index (χ1) is 7.03. The van der Waals surface area contributed by atoms with Gasteiger partial charge in [0.2, 0.25) is 0 Å². The molecule has 2 heterocycles. The Hall–Kier alpha value is -0.0800. The Labute approximate surface area is 94.4 Å². The minimum Gasteiger partial charge on any atom is -0.310 e. The van der Waals surface area contributed by atoms with Crippen molar-refractivity contribution in [1.29, 1.82) is 0 Å². The summed E-state index contributed by atoms with van der Waals surface area (Å²) in [5, 5.41) is 3.74. The molecule has 88 valence electrons. The number of nitrogens with zero attached hydrogens (tertiary/aromatic N) is 1. The Morgan fingerprint density at radius 3 is 2.60 bits per heavy atom. The summed E-state index contributed by atoms with van der Waals surface area (Å²) in [7, 11) is 0. The van der Waals surface area contributed by atoms with E-state index in [1.165, 1.54) is 45.3 Å². The van der Waals surface area contributed by atoms with Crippen molar-refractivity contribution in [3.05, 3.63) is 0 Å². The molecule has 0 spiro atoms. The van der Waals surface area contributed by atoms with Crippen LogP contribution in [0.4, 0.5) is 0 Å². The molecule has 0 radical (unpaired) electrons. The van der Waals surface area contributed by atoms with Gasteiger partial charge in [-0.05, 0) is 44.2 Å². The van der Waals surface area contributed by atoms with Crippen molar-refractivity contribution in [3.63, 3.8) is 0 Å². The predicted molar refractivity (Wildman–Crippen MR) is 65.1 cm³/mol. The lowest BCUT2D eigenvalue weighted by Crippen LogP contribution is -2.36. The van der Waals surface area contributed by atoms with Crippen LogP contribution in [0.3, 0.4) is 0 Å². The molecule has 15 heavy (non-hydrogen) atoms. The molecular formula is C13H26N2. The van der Waals surface area contributed by atoms with E-state index in [9.17, 15) is 0 Å². The minimum absolute atomic E-state index is 0.485. The molecule has 2 nitrogen and oxygen atoms in total. The zero-order valence-corrected chi connectivity index (χ0v) is 10.6. The van der Waals surface area contributed by atoms with Crippen LogP contribution in [0.2, 0.25) is 0 Å². The van der Waals surface area contributed by atoms with Gasteiger partial charge in [0.15, 0.2) is 0 Å². The van der Waals surface area contributed by atoms with Crippen LogP contribution in [0.25, 0.3) is 0 Å². The number of rotatable bonds is 2. The molecule has 2 atom stereocenters. The van der Waals surface area contributed by atoms with Crippen LogP contribution in [0.5, 0.6) is 0 Å². The van der Waals surface area contributed by atoms with E-state index in [0.29, 0.717) is 5.41 Å². The predicted octanol–water partition coefficient (Wildman–Crippen LogP) is 2.25. The van der Waals surface area contributed by atoms with E-state index in [2.05, 4.69) is 31.0 Å². The monoisotopic (exact) mass is 210 g/mol. The van der Waals surface area contributed by atoms with Crippen molar-refractivity contribution in [2.45, 2.75) is 58.5 Å². The summed E-state index contributed by atoms with van der Waals surface area (Å²) in [6.45, 7) is 10.9. The molecule has 2 fully saturated rings. The summed E-state index contributed by atoms with van der Waals surface area (Å²) in [5.74, 6) is 0. The van der Waals surface area contributed by atoms with Gasteiger partial charge in [-0.1, -0.05) is 20.8 Å². The van der Waals surface area contributed by atoms with Crippen molar-refractivity contribution in [2.24, 2.45) is 5.41 Å². The molecule has 0 aromatic carbocycles. The number of fused-ring (bicyclic) bond motifs is 2. The Morgan fingerprint density at radius 2 is 1.87 bits per heavy atom. The van der Waals surface area contributed by atoms with E-state index in [1.54, 1.807) is 0 Å². The zero-order chi connectivity index (χ0) is 10.9. The minimum atomic E-state index is 0.485. The van der Waals surface area contributed by atoms with Gasteiger partial charge in [-0.15, -0.1) is 0 Å². The highest BCUT2D eigenvalue weighted by atomic mass is 15.2. The van der Waals surface area contributed by atoms with Crippen molar-refractivity contribution < 1.29 is 0 Å². The molecule has 0 aliphatic carbocycles. The fourth-order valence-corrected chi connectivity index (χ4v) is 2.71. The molecule has 1 N–H and O–H groups in total. The summed E-state index contributed by atoms with van der Waals surface area (Å²) in [4.78, 5) is 2.67. The highest BCUT2D eigenvalue weighted by Gasteiger charge is 2.29. The lowest BCUT2D eigenvalue weighted by atomic mass is 9.92. The molecule has 2 aliphatic heterocycles. The van der Waals surface area contributed by atoms with Crippen LogP contribution < -0.4 is 5.32 Å². The van der Waals surface area contributed by atoms with E-state index < -0.39 is 0 Å². The van der Waals surface area contributed by atoms with Crippen LogP contribution in [0, 0.1) is 5.41 Å². The van der Waals surface area contributed by atoms with E-state index in [1.807, 2.05) is 0 Å². The van der Waals surface area contributed by atoms with E-state index in [0.717, 1.165) is 12.1 Å². The molecule has 2 aliphatic rings. The highest BCUT2D eigenvalue weighted by molar-refractivity contribution is 4.89. The SMILES string of the molecule is CC(C)(C)CCN1CCC2CCC(C1)N2. The average Bonchev–Trinajstić information content (AvgIpc) is 2.43. The molecule has 0 aromatic heterocycles. The van der Waals surface area contributed by atoms with E-state index in [-0.39, 0.29) is 0 Å². The first kappa shape index (κ1) is 11.4. The Morgan fingerprint density at radius 1 is 1.13 bits per heavy atom. The van der Waals surface area contributed by atoms with Crippen LogP contribution in [-0.4, -0.2) is 36.6 Å². The van der Waals surface area contributed by atoms with Gasteiger partial charge in [0.1, 0.15) is 0 Å². The first-order valence-corrected chi connectivity index (χ1v) is 6.51. The third kappa shape index (κ3) is 3.46. The van der Waals surface area contributed by atoms with Crippen molar-refractivity contribution in [3.8, 4) is 0 Å². The van der Waals surface area contributed by atoms with Crippen LogP contribution >= 0.6 is 0 Å². The second-order valence-electron chi connectivity index (χ2n) is 6.54. The molecule has 2 unspecified atom stereocenters. The van der Waals surface area contributed by atoms with Crippen LogP contribution in [-0.2, 0) is 0 Å². The molecule has 0 aromatic rings. The zero-order valence-electron chi connectivity index (χ0n) is 10.6. The normalized spacial score (nSPS) is 33.0. The second-order valence-corrected chi connectivity index (χ2v) is 6.54. The number of hydrogen-bond donors (Lipinski definition) is 1. The maximum atomic E-state index is 3.74. The van der Waals surface area contributed by atoms with Crippen LogP contribution in [0.15, 0.2) is 0 Å². The Kier molecular flexibility index (Phi) is 3.36. The fourth-order valence-electron chi connectivity index (χ4n) is 2.71. The number of nitrogens with one attached hydrogen (secondary N) is 1. The Bertz CT molecular complexity index is 207. The summed E-state index contributed by atoms with van der Waals surface area (Å²) in [6.07, 6.45) is 5.50. The molecule has 0 amide bonds. The van der Waals surface area contributed by atoms with Gasteiger partial charge >= 0.3 is 0 Å². The van der Waals surface area contributed by atoms with Gasteiger partial charge in [-0.3, -0.25) is 0 Å². The fraction of sp³-hybridized carbons (Fsp3) is 1.00. The number of hydrogen-bond acceptors (Lipinski definition) is 2. The largest absolute Gasteiger partial charge is 0.310 e. The third-order valence-corrected chi connectivity index (χ3v) is 3.79. The molecular weight excluding hydrogens is 184 g/mol. The molecule has 2 rings (SSSR count). The van der Waals surface area contributed by atoms with Gasteiger partial charge < -0.3 is 10.2 Å². The van der Waals surface area contributed by atoms with E-state index >= 15 is 0 Å². The van der Waals surface area contributed by atoms with Gasteiger partial charge in [0, 0.05) is 18.6 Å². The quantitative estimate of drug-likeness (QED) is 0.752. The van der Waals surface area contributed by atoms with Gasteiger partial charge in [-0.25, -0.2) is 0 Å².